The van der Waals surface area contributed by atoms with E-state index in [1.54, 1.807) is 6.92 Å². The quantitative estimate of drug-likeness (QED) is 0.855. The van der Waals surface area contributed by atoms with Crippen LogP contribution < -0.4 is 10.1 Å². The summed E-state index contributed by atoms with van der Waals surface area (Å²) in [6, 6.07) is 3.75. The average Bonchev–Trinajstić information content (AvgIpc) is 2.37. The fourth-order valence-electron chi connectivity index (χ4n) is 1.42. The largest absolute Gasteiger partial charge is 0.497 e. The monoisotopic (exact) mass is 269 g/mol. The lowest BCUT2D eigenvalue weighted by Gasteiger charge is -2.24. The Morgan fingerprint density at radius 3 is 2.53 bits per heavy atom. The summed E-state index contributed by atoms with van der Waals surface area (Å²) in [6.07, 6.45) is 0.186. The van der Waals surface area contributed by atoms with Crippen molar-refractivity contribution < 1.29 is 23.8 Å². The van der Waals surface area contributed by atoms with E-state index in [4.69, 9.17) is 9.84 Å². The second-order valence-corrected chi connectivity index (χ2v) is 4.29. The van der Waals surface area contributed by atoms with E-state index in [-0.39, 0.29) is 17.7 Å². The second kappa shape index (κ2) is 5.69. The minimum absolute atomic E-state index is 0.186. The number of benzene rings is 1. The maximum Gasteiger partial charge on any atom is 0.329 e. The Kier molecular flexibility index (Phi) is 4.47. The molecule has 2 N–H and O–H groups in total. The van der Waals surface area contributed by atoms with E-state index in [9.17, 15) is 14.0 Å². The smallest absolute Gasteiger partial charge is 0.329 e. The zero-order valence-electron chi connectivity index (χ0n) is 11.0. The summed E-state index contributed by atoms with van der Waals surface area (Å²) in [4.78, 5) is 23.0. The highest BCUT2D eigenvalue weighted by Crippen LogP contribution is 2.18. The lowest BCUT2D eigenvalue weighted by Crippen LogP contribution is -2.51. The van der Waals surface area contributed by atoms with Crippen LogP contribution in [0, 0.1) is 5.82 Å². The van der Waals surface area contributed by atoms with Gasteiger partial charge in [-0.1, -0.05) is 6.92 Å². The van der Waals surface area contributed by atoms with Crippen molar-refractivity contribution in [3.8, 4) is 5.75 Å². The van der Waals surface area contributed by atoms with Gasteiger partial charge in [0.05, 0.1) is 12.7 Å². The van der Waals surface area contributed by atoms with Crippen LogP contribution in [-0.2, 0) is 4.79 Å². The number of aliphatic carboxylic acids is 1. The standard InChI is InChI=1S/C13H16FNO4/c1-4-13(2,12(17)18)15-11(16)9-6-5-8(19-3)7-10(9)14/h5-7H,4H2,1-3H3,(H,15,16)(H,17,18). The summed E-state index contributed by atoms with van der Waals surface area (Å²) in [5.41, 5.74) is -1.65. The molecule has 0 heterocycles. The maximum absolute atomic E-state index is 13.7. The van der Waals surface area contributed by atoms with Gasteiger partial charge in [0.2, 0.25) is 0 Å². The number of carboxylic acid groups (broad SMARTS) is 1. The molecule has 1 aromatic rings. The highest BCUT2D eigenvalue weighted by atomic mass is 19.1. The Labute approximate surface area is 110 Å². The molecule has 1 unspecified atom stereocenters. The van der Waals surface area contributed by atoms with E-state index in [0.29, 0.717) is 0 Å². The Morgan fingerprint density at radius 1 is 1.47 bits per heavy atom. The van der Waals surface area contributed by atoms with Crippen molar-refractivity contribution in [2.45, 2.75) is 25.8 Å². The van der Waals surface area contributed by atoms with Gasteiger partial charge in [-0.15, -0.1) is 0 Å². The first kappa shape index (κ1) is 14.9. The fraction of sp³-hybridized carbons (Fsp3) is 0.385. The third kappa shape index (κ3) is 3.21. The van der Waals surface area contributed by atoms with Crippen molar-refractivity contribution in [1.82, 2.24) is 5.32 Å². The third-order valence-corrected chi connectivity index (χ3v) is 2.99. The van der Waals surface area contributed by atoms with Crippen LogP contribution in [0.4, 0.5) is 4.39 Å². The topological polar surface area (TPSA) is 75.6 Å². The van der Waals surface area contributed by atoms with E-state index < -0.39 is 23.2 Å². The summed E-state index contributed by atoms with van der Waals surface area (Å²) in [6.45, 7) is 2.99. The van der Waals surface area contributed by atoms with Gasteiger partial charge in [0, 0.05) is 6.07 Å². The third-order valence-electron chi connectivity index (χ3n) is 2.99. The highest BCUT2D eigenvalue weighted by Gasteiger charge is 2.33. The number of methoxy groups -OCH3 is 1. The Bertz CT molecular complexity index is 503. The van der Waals surface area contributed by atoms with Crippen LogP contribution in [0.2, 0.25) is 0 Å². The molecular formula is C13H16FNO4. The van der Waals surface area contributed by atoms with Crippen molar-refractivity contribution >= 4 is 11.9 Å². The molecule has 1 amide bonds. The zero-order valence-corrected chi connectivity index (χ0v) is 11.0. The molecule has 0 fully saturated rings. The molecule has 0 radical (unpaired) electrons. The van der Waals surface area contributed by atoms with Gasteiger partial charge >= 0.3 is 5.97 Å². The number of carboxylic acids is 1. The van der Waals surface area contributed by atoms with E-state index in [2.05, 4.69) is 5.32 Å². The Balaban J connectivity index is 2.98. The van der Waals surface area contributed by atoms with Gasteiger partial charge in [0.15, 0.2) is 0 Å². The van der Waals surface area contributed by atoms with Crippen molar-refractivity contribution in [3.63, 3.8) is 0 Å². The lowest BCUT2D eigenvalue weighted by atomic mass is 9.98. The first-order chi connectivity index (χ1) is 8.84. The van der Waals surface area contributed by atoms with Crippen LogP contribution in [0.1, 0.15) is 30.6 Å². The molecule has 1 rings (SSSR count). The molecule has 0 saturated heterocycles. The first-order valence-corrected chi connectivity index (χ1v) is 5.73. The molecule has 0 aromatic heterocycles. The highest BCUT2D eigenvalue weighted by molar-refractivity contribution is 5.98. The number of carbonyl (C=O) groups is 2. The molecule has 1 atom stereocenters. The van der Waals surface area contributed by atoms with Crippen LogP contribution in [0.25, 0.3) is 0 Å². The van der Waals surface area contributed by atoms with Gasteiger partial charge in [0.25, 0.3) is 5.91 Å². The van der Waals surface area contributed by atoms with Gasteiger partial charge < -0.3 is 15.2 Å². The van der Waals surface area contributed by atoms with Gasteiger partial charge in [-0.05, 0) is 25.5 Å². The molecular weight excluding hydrogens is 253 g/mol. The van der Waals surface area contributed by atoms with Gasteiger partial charge in [-0.25, -0.2) is 9.18 Å². The van der Waals surface area contributed by atoms with Crippen molar-refractivity contribution in [2.24, 2.45) is 0 Å². The zero-order chi connectivity index (χ0) is 14.6. The van der Waals surface area contributed by atoms with Gasteiger partial charge in [-0.2, -0.15) is 0 Å². The summed E-state index contributed by atoms with van der Waals surface area (Å²) >= 11 is 0. The molecule has 0 saturated carbocycles. The molecule has 0 spiro atoms. The van der Waals surface area contributed by atoms with Gasteiger partial charge in [0.1, 0.15) is 17.1 Å². The summed E-state index contributed by atoms with van der Waals surface area (Å²) in [5, 5.41) is 11.4. The van der Waals surface area contributed by atoms with E-state index in [0.717, 1.165) is 6.07 Å². The number of hydrogen-bond donors (Lipinski definition) is 2. The Hall–Kier alpha value is -2.11. The van der Waals surface area contributed by atoms with E-state index in [1.807, 2.05) is 0 Å². The molecule has 0 aliphatic rings. The van der Waals surface area contributed by atoms with Crippen molar-refractivity contribution in [3.05, 3.63) is 29.6 Å². The SMILES string of the molecule is CCC(C)(NC(=O)c1ccc(OC)cc1F)C(=O)O. The second-order valence-electron chi connectivity index (χ2n) is 4.29. The number of ether oxygens (including phenoxy) is 1. The molecule has 0 bridgehead atoms. The number of nitrogens with one attached hydrogen (secondary N) is 1. The van der Waals surface area contributed by atoms with Crippen LogP contribution in [0.5, 0.6) is 5.75 Å². The summed E-state index contributed by atoms with van der Waals surface area (Å²) in [5.74, 6) is -2.42. The van der Waals surface area contributed by atoms with Crippen LogP contribution in [0.3, 0.4) is 0 Å². The maximum atomic E-state index is 13.7. The number of halogens is 1. The van der Waals surface area contributed by atoms with Crippen LogP contribution >= 0.6 is 0 Å². The molecule has 5 nitrogen and oxygen atoms in total. The van der Waals surface area contributed by atoms with Crippen molar-refractivity contribution in [2.75, 3.05) is 7.11 Å². The van der Waals surface area contributed by atoms with E-state index >= 15 is 0 Å². The van der Waals surface area contributed by atoms with Crippen LogP contribution in [0.15, 0.2) is 18.2 Å². The summed E-state index contributed by atoms with van der Waals surface area (Å²) < 4.78 is 18.5. The fourth-order valence-corrected chi connectivity index (χ4v) is 1.42. The minimum atomic E-state index is -1.43. The van der Waals surface area contributed by atoms with Gasteiger partial charge in [-0.3, -0.25) is 4.79 Å². The number of amides is 1. The molecule has 0 aliphatic heterocycles. The minimum Gasteiger partial charge on any atom is -0.497 e. The Morgan fingerprint density at radius 2 is 2.11 bits per heavy atom. The predicted octanol–water partition coefficient (Wildman–Crippen LogP) is 1.82. The van der Waals surface area contributed by atoms with E-state index in [1.165, 1.54) is 26.2 Å². The normalized spacial score (nSPS) is 13.5. The molecule has 0 aliphatic carbocycles. The number of rotatable bonds is 5. The summed E-state index contributed by atoms with van der Waals surface area (Å²) in [7, 11) is 1.38. The van der Waals surface area contributed by atoms with Crippen molar-refractivity contribution in [1.29, 1.82) is 0 Å². The predicted molar refractivity (Wildman–Crippen MR) is 66.8 cm³/mol. The molecule has 1 aromatic carbocycles. The number of carbonyl (C=O) groups excluding carboxylic acids is 1. The molecule has 104 valence electrons. The number of hydrogen-bond acceptors (Lipinski definition) is 3. The lowest BCUT2D eigenvalue weighted by molar-refractivity contribution is -0.143. The molecule has 6 heteroatoms. The average molecular weight is 269 g/mol. The first-order valence-electron chi connectivity index (χ1n) is 5.73. The molecule has 19 heavy (non-hydrogen) atoms. The van der Waals surface area contributed by atoms with Crippen LogP contribution in [-0.4, -0.2) is 29.6 Å².